The summed E-state index contributed by atoms with van der Waals surface area (Å²) in [6, 6.07) is 5.51. The molecular weight excluding hydrogens is 215 g/mol. The van der Waals surface area contributed by atoms with Crippen molar-refractivity contribution in [3.05, 3.63) is 29.7 Å². The summed E-state index contributed by atoms with van der Waals surface area (Å²) >= 11 is 0. The predicted octanol–water partition coefficient (Wildman–Crippen LogP) is 3.71. The van der Waals surface area contributed by atoms with Gasteiger partial charge >= 0.3 is 0 Å². The predicted molar refractivity (Wildman–Crippen MR) is 71.2 cm³/mol. The zero-order chi connectivity index (χ0) is 12.0. The number of nitrogens with zero attached hydrogens (tertiary/aromatic N) is 1. The van der Waals surface area contributed by atoms with Crippen LogP contribution in [0.15, 0.2) is 18.2 Å². The number of rotatable bonds is 1. The van der Waals surface area contributed by atoms with Crippen molar-refractivity contribution in [2.45, 2.75) is 32.7 Å². The van der Waals surface area contributed by atoms with E-state index in [0.717, 1.165) is 23.9 Å². The Morgan fingerprint density at radius 2 is 2.24 bits per heavy atom. The van der Waals surface area contributed by atoms with Crippen molar-refractivity contribution in [2.75, 3.05) is 11.4 Å². The van der Waals surface area contributed by atoms with Crippen LogP contribution in [-0.4, -0.2) is 17.6 Å². The summed E-state index contributed by atoms with van der Waals surface area (Å²) in [5.74, 6) is -0.174. The standard InChI is InChI=1S/C14H17FN2.H2/c1-9(2)17-7-3-4-12-14(17)11-6-5-10(15)8-13(11)16-12;/h5-6,8-9,16H,3-4,7H2,1-2H3;1H. The van der Waals surface area contributed by atoms with E-state index >= 15 is 0 Å². The number of H-pyrrole nitrogens is 1. The fourth-order valence-electron chi connectivity index (χ4n) is 2.77. The normalized spacial score (nSPS) is 15.6. The van der Waals surface area contributed by atoms with Crippen LogP contribution in [-0.2, 0) is 6.42 Å². The van der Waals surface area contributed by atoms with Crippen molar-refractivity contribution < 1.29 is 5.82 Å². The maximum Gasteiger partial charge on any atom is 0.125 e. The van der Waals surface area contributed by atoms with Crippen LogP contribution in [0.4, 0.5) is 10.1 Å². The highest BCUT2D eigenvalue weighted by Gasteiger charge is 2.23. The van der Waals surface area contributed by atoms with E-state index < -0.39 is 0 Å². The van der Waals surface area contributed by atoms with Crippen LogP contribution < -0.4 is 4.90 Å². The molecule has 0 aliphatic carbocycles. The molecule has 1 aliphatic heterocycles. The van der Waals surface area contributed by atoms with Crippen molar-refractivity contribution in [3.8, 4) is 0 Å². The molecule has 0 unspecified atom stereocenters. The quantitative estimate of drug-likeness (QED) is 0.797. The molecule has 0 saturated carbocycles. The average molecular weight is 234 g/mol. The Bertz CT molecular complexity index is 562. The fourth-order valence-corrected chi connectivity index (χ4v) is 2.77. The zero-order valence-corrected chi connectivity index (χ0v) is 10.3. The molecule has 1 aliphatic rings. The highest BCUT2D eigenvalue weighted by Crippen LogP contribution is 2.36. The molecular formula is C14H19FN2. The van der Waals surface area contributed by atoms with Crippen LogP contribution in [0.3, 0.4) is 0 Å². The third kappa shape index (κ3) is 1.61. The molecule has 17 heavy (non-hydrogen) atoms. The van der Waals surface area contributed by atoms with Gasteiger partial charge in [0.2, 0.25) is 0 Å². The summed E-state index contributed by atoms with van der Waals surface area (Å²) in [6.45, 7) is 5.50. The maximum absolute atomic E-state index is 13.2. The van der Waals surface area contributed by atoms with E-state index in [-0.39, 0.29) is 7.24 Å². The topological polar surface area (TPSA) is 19.0 Å². The van der Waals surface area contributed by atoms with Gasteiger partial charge in [-0.15, -0.1) is 0 Å². The first-order chi connectivity index (χ1) is 8.16. The van der Waals surface area contributed by atoms with Crippen molar-refractivity contribution in [3.63, 3.8) is 0 Å². The number of halogens is 1. The van der Waals surface area contributed by atoms with Gasteiger partial charge in [-0.3, -0.25) is 0 Å². The SMILES string of the molecule is CC(C)N1CCCc2[nH]c3cc(F)ccc3c21.[HH]. The van der Waals surface area contributed by atoms with Crippen LogP contribution in [0, 0.1) is 5.82 Å². The number of benzene rings is 1. The molecule has 3 rings (SSSR count). The molecule has 1 aromatic carbocycles. The lowest BCUT2D eigenvalue weighted by Crippen LogP contribution is -2.35. The Balaban J connectivity index is 0.00000120. The Hall–Kier alpha value is -1.51. The third-order valence-electron chi connectivity index (χ3n) is 3.54. The summed E-state index contributed by atoms with van der Waals surface area (Å²) in [4.78, 5) is 5.77. The Kier molecular flexibility index (Phi) is 2.35. The number of aryl methyl sites for hydroxylation is 1. The fraction of sp³-hybridized carbons (Fsp3) is 0.429. The third-order valence-corrected chi connectivity index (χ3v) is 3.54. The van der Waals surface area contributed by atoms with Gasteiger partial charge in [0.05, 0.1) is 11.2 Å². The van der Waals surface area contributed by atoms with E-state index in [1.165, 1.54) is 17.8 Å². The van der Waals surface area contributed by atoms with Crippen LogP contribution in [0.2, 0.25) is 0 Å². The molecule has 0 bridgehead atoms. The van der Waals surface area contributed by atoms with Crippen molar-refractivity contribution >= 4 is 16.6 Å². The molecule has 92 valence electrons. The first-order valence-corrected chi connectivity index (χ1v) is 6.23. The highest BCUT2D eigenvalue weighted by atomic mass is 19.1. The molecule has 0 spiro atoms. The minimum absolute atomic E-state index is 0. The lowest BCUT2D eigenvalue weighted by atomic mass is 10.1. The van der Waals surface area contributed by atoms with Crippen LogP contribution in [0.25, 0.3) is 10.9 Å². The number of nitrogens with one attached hydrogen (secondary N) is 1. The number of aromatic nitrogens is 1. The Morgan fingerprint density at radius 1 is 1.41 bits per heavy atom. The largest absolute Gasteiger partial charge is 0.367 e. The average Bonchev–Trinajstić information content (AvgIpc) is 2.65. The number of hydrogen-bond acceptors (Lipinski definition) is 1. The molecule has 0 saturated heterocycles. The minimum atomic E-state index is -0.174. The van der Waals surface area contributed by atoms with Gasteiger partial charge in [0, 0.05) is 25.1 Å². The number of anilines is 1. The van der Waals surface area contributed by atoms with Gasteiger partial charge in [-0.05, 0) is 44.9 Å². The number of aromatic amines is 1. The maximum atomic E-state index is 13.2. The summed E-state index contributed by atoms with van der Waals surface area (Å²) < 4.78 is 13.2. The van der Waals surface area contributed by atoms with Crippen molar-refractivity contribution in [1.29, 1.82) is 0 Å². The van der Waals surface area contributed by atoms with Crippen LogP contribution in [0.1, 0.15) is 27.4 Å². The van der Waals surface area contributed by atoms with Gasteiger partial charge < -0.3 is 9.88 Å². The smallest absolute Gasteiger partial charge is 0.125 e. The van der Waals surface area contributed by atoms with Gasteiger partial charge in [-0.1, -0.05) is 0 Å². The highest BCUT2D eigenvalue weighted by molar-refractivity contribution is 5.95. The van der Waals surface area contributed by atoms with Gasteiger partial charge in [0.1, 0.15) is 5.82 Å². The zero-order valence-electron chi connectivity index (χ0n) is 10.3. The second kappa shape index (κ2) is 3.76. The summed E-state index contributed by atoms with van der Waals surface area (Å²) in [6.07, 6.45) is 2.23. The second-order valence-corrected chi connectivity index (χ2v) is 5.03. The Morgan fingerprint density at radius 3 is 3.00 bits per heavy atom. The van der Waals surface area contributed by atoms with E-state index in [4.69, 9.17) is 0 Å². The van der Waals surface area contributed by atoms with Gasteiger partial charge in [0.25, 0.3) is 0 Å². The molecule has 1 aromatic heterocycles. The first-order valence-electron chi connectivity index (χ1n) is 6.23. The molecule has 2 heterocycles. The van der Waals surface area contributed by atoms with Gasteiger partial charge in [0.15, 0.2) is 0 Å². The van der Waals surface area contributed by atoms with E-state index in [0.29, 0.717) is 6.04 Å². The van der Waals surface area contributed by atoms with Gasteiger partial charge in [-0.2, -0.15) is 0 Å². The van der Waals surface area contributed by atoms with Crippen molar-refractivity contribution in [2.24, 2.45) is 0 Å². The van der Waals surface area contributed by atoms with Crippen LogP contribution >= 0.6 is 0 Å². The molecule has 2 nitrogen and oxygen atoms in total. The Labute approximate surface area is 102 Å². The lowest BCUT2D eigenvalue weighted by Gasteiger charge is -2.33. The molecule has 0 amide bonds. The summed E-state index contributed by atoms with van der Waals surface area (Å²) in [5.41, 5.74) is 3.45. The van der Waals surface area contributed by atoms with Crippen LogP contribution in [0.5, 0.6) is 0 Å². The van der Waals surface area contributed by atoms with Gasteiger partial charge in [-0.25, -0.2) is 4.39 Å². The van der Waals surface area contributed by atoms with E-state index in [1.807, 2.05) is 6.07 Å². The monoisotopic (exact) mass is 234 g/mol. The number of hydrogen-bond donors (Lipinski definition) is 1. The van der Waals surface area contributed by atoms with E-state index in [1.54, 1.807) is 12.1 Å². The second-order valence-electron chi connectivity index (χ2n) is 5.03. The molecule has 0 fully saturated rings. The molecule has 1 N–H and O–H groups in total. The van der Waals surface area contributed by atoms with E-state index in [2.05, 4.69) is 23.7 Å². The van der Waals surface area contributed by atoms with E-state index in [9.17, 15) is 4.39 Å². The molecule has 0 atom stereocenters. The molecule has 0 radical (unpaired) electrons. The van der Waals surface area contributed by atoms with Crippen molar-refractivity contribution in [1.82, 2.24) is 4.98 Å². The molecule has 2 aromatic rings. The molecule has 3 heteroatoms. The number of fused-ring (bicyclic) bond motifs is 3. The summed E-state index contributed by atoms with van der Waals surface area (Å²) in [5, 5.41) is 1.15. The lowest BCUT2D eigenvalue weighted by molar-refractivity contribution is 0.624. The summed E-state index contributed by atoms with van der Waals surface area (Å²) in [7, 11) is 0. The first kappa shape index (κ1) is 10.6. The minimum Gasteiger partial charge on any atom is -0.367 e.